The lowest BCUT2D eigenvalue weighted by atomic mass is 10.1. The Morgan fingerprint density at radius 3 is 2.38 bits per heavy atom. The van der Waals surface area contributed by atoms with E-state index in [1.54, 1.807) is 7.11 Å². The third-order valence-corrected chi connectivity index (χ3v) is 6.14. The molecule has 1 atom stereocenters. The number of benzene rings is 1. The molecule has 0 radical (unpaired) electrons. The van der Waals surface area contributed by atoms with E-state index >= 15 is 0 Å². The maximum atomic E-state index is 12.4. The maximum absolute atomic E-state index is 12.4. The third kappa shape index (κ3) is 6.44. The van der Waals surface area contributed by atoms with Gasteiger partial charge in [0, 0.05) is 38.8 Å². The summed E-state index contributed by atoms with van der Waals surface area (Å²) in [5.41, 5.74) is 1.30. The van der Waals surface area contributed by atoms with Crippen LogP contribution in [0.4, 0.5) is 4.79 Å². The number of amides is 3. The predicted octanol–water partition coefficient (Wildman–Crippen LogP) is 2.01. The average Bonchev–Trinajstić information content (AvgIpc) is 3.25. The van der Waals surface area contributed by atoms with Crippen molar-refractivity contribution in [2.24, 2.45) is 0 Å². The van der Waals surface area contributed by atoms with Gasteiger partial charge in [-0.05, 0) is 43.9 Å². The number of ether oxygens (including phenoxy) is 1. The molecule has 2 N–H and O–H groups in total. The summed E-state index contributed by atoms with van der Waals surface area (Å²) in [5.74, 6) is 0.665. The number of hydrogen-bond donors (Lipinski definition) is 2. The molecule has 1 aliphatic carbocycles. The largest absolute Gasteiger partial charge is 0.497 e. The van der Waals surface area contributed by atoms with Gasteiger partial charge in [0.15, 0.2) is 0 Å². The first-order valence-electron chi connectivity index (χ1n) is 10.8. The lowest BCUT2D eigenvalue weighted by Crippen LogP contribution is -2.56. The summed E-state index contributed by atoms with van der Waals surface area (Å²) in [6.45, 7) is 6.42. The molecule has 1 unspecified atom stereocenters. The molecule has 2 aliphatic rings. The highest BCUT2D eigenvalue weighted by atomic mass is 16.5. The second-order valence-electron chi connectivity index (χ2n) is 8.10. The molecule has 7 nitrogen and oxygen atoms in total. The minimum atomic E-state index is -0.355. The standard InChI is InChI=1S/C22H34N4O3/c1-17(21(27)24-22(28)23-19-5-3-4-6-19)26-15-13-25(14-16-26)12-11-18-7-9-20(29-2)10-8-18/h7-10,17,19H,3-6,11-16H2,1-2H3,(H2,23,24,27,28). The number of urea groups is 1. The van der Waals surface area contributed by atoms with E-state index in [2.05, 4.69) is 32.6 Å². The number of carbonyl (C=O) groups excluding carboxylic acids is 2. The van der Waals surface area contributed by atoms with Crippen molar-refractivity contribution in [2.45, 2.75) is 51.1 Å². The fourth-order valence-electron chi connectivity index (χ4n) is 4.13. The van der Waals surface area contributed by atoms with E-state index in [9.17, 15) is 9.59 Å². The predicted molar refractivity (Wildman–Crippen MR) is 113 cm³/mol. The highest BCUT2D eigenvalue weighted by molar-refractivity contribution is 5.96. The second kappa shape index (κ2) is 10.6. The number of methoxy groups -OCH3 is 1. The molecule has 3 rings (SSSR count). The van der Waals surface area contributed by atoms with Gasteiger partial charge >= 0.3 is 6.03 Å². The van der Waals surface area contributed by atoms with Crippen molar-refractivity contribution in [1.29, 1.82) is 0 Å². The first kappa shape index (κ1) is 21.6. The van der Waals surface area contributed by atoms with Crippen molar-refractivity contribution < 1.29 is 14.3 Å². The minimum absolute atomic E-state index is 0.215. The molecule has 0 bridgehead atoms. The van der Waals surface area contributed by atoms with E-state index in [4.69, 9.17) is 4.74 Å². The van der Waals surface area contributed by atoms with Crippen LogP contribution in [0.3, 0.4) is 0 Å². The van der Waals surface area contributed by atoms with E-state index in [-0.39, 0.29) is 24.0 Å². The van der Waals surface area contributed by atoms with Gasteiger partial charge in [0.05, 0.1) is 13.2 Å². The number of nitrogens with zero attached hydrogens (tertiary/aromatic N) is 2. The number of imide groups is 1. The first-order valence-corrected chi connectivity index (χ1v) is 10.8. The molecular formula is C22H34N4O3. The number of piperazine rings is 1. The highest BCUT2D eigenvalue weighted by Crippen LogP contribution is 2.17. The SMILES string of the molecule is COc1ccc(CCN2CCN(C(C)C(=O)NC(=O)NC3CCCC3)CC2)cc1. The zero-order valence-electron chi connectivity index (χ0n) is 17.7. The third-order valence-electron chi connectivity index (χ3n) is 6.14. The topological polar surface area (TPSA) is 73.9 Å². The Balaban J connectivity index is 1.36. The number of rotatable bonds is 7. The Kier molecular flexibility index (Phi) is 7.89. The lowest BCUT2D eigenvalue weighted by molar-refractivity contribution is -0.125. The van der Waals surface area contributed by atoms with E-state index in [1.165, 1.54) is 5.56 Å². The van der Waals surface area contributed by atoms with Crippen molar-refractivity contribution in [3.63, 3.8) is 0 Å². The fraction of sp³-hybridized carbons (Fsp3) is 0.636. The molecule has 3 amide bonds. The van der Waals surface area contributed by atoms with Gasteiger partial charge in [-0.3, -0.25) is 15.0 Å². The van der Waals surface area contributed by atoms with Gasteiger partial charge in [0.25, 0.3) is 0 Å². The smallest absolute Gasteiger partial charge is 0.321 e. The minimum Gasteiger partial charge on any atom is -0.497 e. The molecule has 29 heavy (non-hydrogen) atoms. The van der Waals surface area contributed by atoms with Gasteiger partial charge in [-0.25, -0.2) is 4.79 Å². The lowest BCUT2D eigenvalue weighted by Gasteiger charge is -2.37. The fourth-order valence-corrected chi connectivity index (χ4v) is 4.13. The van der Waals surface area contributed by atoms with E-state index in [0.29, 0.717) is 0 Å². The molecular weight excluding hydrogens is 368 g/mol. The van der Waals surface area contributed by atoms with Crippen LogP contribution in [0.5, 0.6) is 5.75 Å². The zero-order valence-corrected chi connectivity index (χ0v) is 17.7. The van der Waals surface area contributed by atoms with Gasteiger partial charge in [0.2, 0.25) is 5.91 Å². The molecule has 1 aromatic rings. The van der Waals surface area contributed by atoms with Crippen LogP contribution < -0.4 is 15.4 Å². The maximum Gasteiger partial charge on any atom is 0.321 e. The van der Waals surface area contributed by atoms with Crippen LogP contribution in [-0.2, 0) is 11.2 Å². The molecule has 1 heterocycles. The summed E-state index contributed by atoms with van der Waals surface area (Å²) in [4.78, 5) is 29.0. The van der Waals surface area contributed by atoms with Crippen LogP contribution >= 0.6 is 0 Å². The normalized spacial score (nSPS) is 19.7. The molecule has 1 saturated carbocycles. The van der Waals surface area contributed by atoms with Crippen molar-refractivity contribution in [3.05, 3.63) is 29.8 Å². The van der Waals surface area contributed by atoms with Crippen LogP contribution in [0.25, 0.3) is 0 Å². The Labute approximate surface area is 173 Å². The summed E-state index contributed by atoms with van der Waals surface area (Å²) in [6, 6.07) is 7.77. The molecule has 0 spiro atoms. The van der Waals surface area contributed by atoms with Crippen molar-refractivity contribution >= 4 is 11.9 Å². The number of nitrogens with one attached hydrogen (secondary N) is 2. The van der Waals surface area contributed by atoms with Gasteiger partial charge in [-0.2, -0.15) is 0 Å². The molecule has 7 heteroatoms. The molecule has 0 aromatic heterocycles. The summed E-state index contributed by atoms with van der Waals surface area (Å²) >= 11 is 0. The Hall–Kier alpha value is -2.12. The molecule has 1 aromatic carbocycles. The molecule has 2 fully saturated rings. The summed E-state index contributed by atoms with van der Waals surface area (Å²) in [5, 5.41) is 5.43. The van der Waals surface area contributed by atoms with E-state index < -0.39 is 0 Å². The summed E-state index contributed by atoms with van der Waals surface area (Å²) in [7, 11) is 1.68. The average molecular weight is 403 g/mol. The zero-order chi connectivity index (χ0) is 20.6. The first-order chi connectivity index (χ1) is 14.0. The Morgan fingerprint density at radius 2 is 1.76 bits per heavy atom. The van der Waals surface area contributed by atoms with E-state index in [0.717, 1.165) is 70.6 Å². The van der Waals surface area contributed by atoms with Crippen molar-refractivity contribution in [3.8, 4) is 5.75 Å². The van der Waals surface area contributed by atoms with Crippen LogP contribution in [0.2, 0.25) is 0 Å². The van der Waals surface area contributed by atoms with Gasteiger partial charge < -0.3 is 15.0 Å². The molecule has 1 aliphatic heterocycles. The van der Waals surface area contributed by atoms with Crippen LogP contribution in [0, 0.1) is 0 Å². The van der Waals surface area contributed by atoms with Crippen molar-refractivity contribution in [1.82, 2.24) is 20.4 Å². The number of carbonyl (C=O) groups is 2. The van der Waals surface area contributed by atoms with Gasteiger partial charge in [-0.15, -0.1) is 0 Å². The van der Waals surface area contributed by atoms with Gasteiger partial charge in [-0.1, -0.05) is 25.0 Å². The summed E-state index contributed by atoms with van der Waals surface area (Å²) < 4.78 is 5.20. The number of hydrogen-bond acceptors (Lipinski definition) is 5. The summed E-state index contributed by atoms with van der Waals surface area (Å²) in [6.07, 6.45) is 5.32. The highest BCUT2D eigenvalue weighted by Gasteiger charge is 2.27. The molecule has 160 valence electrons. The van der Waals surface area contributed by atoms with E-state index in [1.807, 2.05) is 19.1 Å². The van der Waals surface area contributed by atoms with Crippen LogP contribution in [-0.4, -0.2) is 73.7 Å². The Bertz CT molecular complexity index is 665. The monoisotopic (exact) mass is 402 g/mol. The van der Waals surface area contributed by atoms with Gasteiger partial charge in [0.1, 0.15) is 5.75 Å². The van der Waals surface area contributed by atoms with Crippen LogP contribution in [0.1, 0.15) is 38.2 Å². The molecule has 1 saturated heterocycles. The van der Waals surface area contributed by atoms with Crippen molar-refractivity contribution in [2.75, 3.05) is 39.8 Å². The Morgan fingerprint density at radius 1 is 1.10 bits per heavy atom. The second-order valence-corrected chi connectivity index (χ2v) is 8.10. The quantitative estimate of drug-likeness (QED) is 0.730. The van der Waals surface area contributed by atoms with Crippen LogP contribution in [0.15, 0.2) is 24.3 Å².